The highest BCUT2D eigenvalue weighted by molar-refractivity contribution is 7.18. The third-order valence-corrected chi connectivity index (χ3v) is 4.83. The molecule has 6 nitrogen and oxygen atoms in total. The number of carbonyl (C=O) groups excluding carboxylic acids is 1. The minimum absolute atomic E-state index is 0.0377. The van der Waals surface area contributed by atoms with Crippen LogP contribution in [0, 0.1) is 0 Å². The second kappa shape index (κ2) is 7.11. The van der Waals surface area contributed by atoms with Crippen molar-refractivity contribution >= 4 is 27.9 Å². The molecule has 2 rings (SSSR count). The summed E-state index contributed by atoms with van der Waals surface area (Å²) in [5.74, 6) is -0.101. The Bertz CT molecular complexity index is 480. The Labute approximate surface area is 129 Å². The van der Waals surface area contributed by atoms with Crippen molar-refractivity contribution in [2.75, 3.05) is 44.5 Å². The number of rotatable bonds is 6. The molecular weight excluding hydrogens is 290 g/mol. The first-order chi connectivity index (χ1) is 10.1. The molecule has 1 aromatic heterocycles. The molecule has 0 bridgehead atoms. The molecule has 0 spiro atoms. The van der Waals surface area contributed by atoms with Crippen LogP contribution in [0.15, 0.2) is 6.07 Å². The van der Waals surface area contributed by atoms with Gasteiger partial charge in [0.05, 0.1) is 10.7 Å². The molecule has 2 atom stereocenters. The SMILES string of the molecule is CCCNC(=O)c1sc(N2CC(OC)C(OC)C2)cc1N. The van der Waals surface area contributed by atoms with Gasteiger partial charge in [-0.05, 0) is 12.5 Å². The van der Waals surface area contributed by atoms with Gasteiger partial charge in [-0.15, -0.1) is 11.3 Å². The standard InChI is InChI=1S/C14H23N3O3S/c1-4-5-16-14(18)13-9(15)6-12(21-13)17-7-10(19-2)11(8-17)20-3/h6,10-11H,4-5,7-8,15H2,1-3H3,(H,16,18). The van der Waals surface area contributed by atoms with E-state index in [1.165, 1.54) is 11.3 Å². The van der Waals surface area contributed by atoms with E-state index in [0.717, 1.165) is 24.5 Å². The number of ether oxygens (including phenoxy) is 2. The lowest BCUT2D eigenvalue weighted by molar-refractivity contribution is -0.00461. The smallest absolute Gasteiger partial charge is 0.263 e. The van der Waals surface area contributed by atoms with Crippen molar-refractivity contribution in [3.63, 3.8) is 0 Å². The van der Waals surface area contributed by atoms with Crippen LogP contribution >= 0.6 is 11.3 Å². The van der Waals surface area contributed by atoms with Gasteiger partial charge in [0.1, 0.15) is 17.1 Å². The first-order valence-electron chi connectivity index (χ1n) is 7.08. The number of nitrogens with one attached hydrogen (secondary N) is 1. The summed E-state index contributed by atoms with van der Waals surface area (Å²) in [6.07, 6.45) is 0.979. The van der Waals surface area contributed by atoms with Gasteiger partial charge >= 0.3 is 0 Å². The lowest BCUT2D eigenvalue weighted by atomic mass is 10.3. The van der Waals surface area contributed by atoms with Crippen LogP contribution in [0.3, 0.4) is 0 Å². The van der Waals surface area contributed by atoms with E-state index in [1.54, 1.807) is 14.2 Å². The monoisotopic (exact) mass is 313 g/mol. The fourth-order valence-electron chi connectivity index (χ4n) is 2.42. The predicted molar refractivity (Wildman–Crippen MR) is 85.2 cm³/mol. The highest BCUT2D eigenvalue weighted by atomic mass is 32.1. The Morgan fingerprint density at radius 1 is 1.43 bits per heavy atom. The number of thiophene rings is 1. The Hall–Kier alpha value is -1.31. The number of hydrogen-bond donors (Lipinski definition) is 2. The zero-order chi connectivity index (χ0) is 15.4. The van der Waals surface area contributed by atoms with Gasteiger partial charge in [0.2, 0.25) is 0 Å². The van der Waals surface area contributed by atoms with Crippen LogP contribution in [-0.2, 0) is 9.47 Å². The van der Waals surface area contributed by atoms with Crippen molar-refractivity contribution in [3.05, 3.63) is 10.9 Å². The van der Waals surface area contributed by atoms with Gasteiger partial charge in [-0.1, -0.05) is 6.92 Å². The molecule has 0 aliphatic carbocycles. The van der Waals surface area contributed by atoms with Crippen LogP contribution < -0.4 is 16.0 Å². The van der Waals surface area contributed by atoms with Crippen molar-refractivity contribution in [2.24, 2.45) is 0 Å². The molecular formula is C14H23N3O3S. The third kappa shape index (κ3) is 3.48. The maximum atomic E-state index is 12.0. The first kappa shape index (κ1) is 16.1. The molecule has 3 N–H and O–H groups in total. The van der Waals surface area contributed by atoms with E-state index in [9.17, 15) is 4.79 Å². The second-order valence-electron chi connectivity index (χ2n) is 5.08. The number of nitrogen functional groups attached to an aromatic ring is 1. The largest absolute Gasteiger partial charge is 0.397 e. The summed E-state index contributed by atoms with van der Waals surface area (Å²) in [6.45, 7) is 4.16. The molecule has 1 fully saturated rings. The average molecular weight is 313 g/mol. The minimum atomic E-state index is -0.101. The van der Waals surface area contributed by atoms with Crippen molar-refractivity contribution in [1.82, 2.24) is 5.32 Å². The van der Waals surface area contributed by atoms with Gasteiger partial charge < -0.3 is 25.4 Å². The summed E-state index contributed by atoms with van der Waals surface area (Å²) in [4.78, 5) is 14.8. The molecule has 2 unspecified atom stereocenters. The number of methoxy groups -OCH3 is 2. The fourth-order valence-corrected chi connectivity index (χ4v) is 3.44. The molecule has 2 heterocycles. The predicted octanol–water partition coefficient (Wildman–Crippen LogP) is 1.32. The number of nitrogens with two attached hydrogens (primary N) is 1. The summed E-state index contributed by atoms with van der Waals surface area (Å²) >= 11 is 1.42. The van der Waals surface area contributed by atoms with E-state index < -0.39 is 0 Å². The molecule has 1 aliphatic heterocycles. The maximum absolute atomic E-state index is 12.0. The average Bonchev–Trinajstić information content (AvgIpc) is 3.07. The first-order valence-corrected chi connectivity index (χ1v) is 7.90. The molecule has 1 amide bonds. The Morgan fingerprint density at radius 3 is 2.57 bits per heavy atom. The number of nitrogens with zero attached hydrogens (tertiary/aromatic N) is 1. The maximum Gasteiger partial charge on any atom is 0.263 e. The Morgan fingerprint density at radius 2 is 2.05 bits per heavy atom. The van der Waals surface area contributed by atoms with Gasteiger partial charge in [0.15, 0.2) is 0 Å². The number of hydrogen-bond acceptors (Lipinski definition) is 6. The number of amides is 1. The Balaban J connectivity index is 2.10. The van der Waals surface area contributed by atoms with E-state index >= 15 is 0 Å². The van der Waals surface area contributed by atoms with Gasteiger partial charge in [-0.3, -0.25) is 4.79 Å². The molecule has 118 valence electrons. The fraction of sp³-hybridized carbons (Fsp3) is 0.643. The van der Waals surface area contributed by atoms with Gasteiger partial charge in [-0.2, -0.15) is 0 Å². The highest BCUT2D eigenvalue weighted by Gasteiger charge is 2.34. The molecule has 1 aliphatic rings. The van der Waals surface area contributed by atoms with Gasteiger partial charge in [-0.25, -0.2) is 0 Å². The highest BCUT2D eigenvalue weighted by Crippen LogP contribution is 2.34. The zero-order valence-corrected chi connectivity index (χ0v) is 13.5. The van der Waals surface area contributed by atoms with Crippen molar-refractivity contribution in [1.29, 1.82) is 0 Å². The van der Waals surface area contributed by atoms with E-state index in [-0.39, 0.29) is 18.1 Å². The van der Waals surface area contributed by atoms with Crippen molar-refractivity contribution in [3.8, 4) is 0 Å². The lowest BCUT2D eigenvalue weighted by Crippen LogP contribution is -2.27. The molecule has 0 radical (unpaired) electrons. The van der Waals surface area contributed by atoms with E-state index in [1.807, 2.05) is 13.0 Å². The summed E-state index contributed by atoms with van der Waals surface area (Å²) < 4.78 is 10.9. The topological polar surface area (TPSA) is 76.8 Å². The van der Waals surface area contributed by atoms with Crippen LogP contribution in [0.25, 0.3) is 0 Å². The van der Waals surface area contributed by atoms with E-state index in [4.69, 9.17) is 15.2 Å². The molecule has 1 saturated heterocycles. The van der Waals surface area contributed by atoms with Gasteiger partial charge in [0, 0.05) is 33.9 Å². The molecule has 1 aromatic rings. The molecule has 0 aromatic carbocycles. The van der Waals surface area contributed by atoms with E-state index in [2.05, 4.69) is 10.2 Å². The van der Waals surface area contributed by atoms with Crippen molar-refractivity contribution in [2.45, 2.75) is 25.6 Å². The summed E-state index contributed by atoms with van der Waals surface area (Å²) in [7, 11) is 3.37. The summed E-state index contributed by atoms with van der Waals surface area (Å²) in [6, 6.07) is 1.86. The zero-order valence-electron chi connectivity index (χ0n) is 12.7. The van der Waals surface area contributed by atoms with E-state index in [0.29, 0.717) is 17.1 Å². The summed E-state index contributed by atoms with van der Waals surface area (Å²) in [5.41, 5.74) is 6.50. The van der Waals surface area contributed by atoms with Crippen LogP contribution in [-0.4, -0.2) is 52.0 Å². The minimum Gasteiger partial charge on any atom is -0.397 e. The van der Waals surface area contributed by atoms with Crippen LogP contribution in [0.2, 0.25) is 0 Å². The van der Waals surface area contributed by atoms with Crippen LogP contribution in [0.4, 0.5) is 10.7 Å². The second-order valence-corrected chi connectivity index (χ2v) is 6.11. The number of carbonyl (C=O) groups is 1. The van der Waals surface area contributed by atoms with Crippen molar-refractivity contribution < 1.29 is 14.3 Å². The molecule has 21 heavy (non-hydrogen) atoms. The molecule has 7 heteroatoms. The summed E-state index contributed by atoms with van der Waals surface area (Å²) in [5, 5.41) is 3.84. The Kier molecular flexibility index (Phi) is 5.44. The quantitative estimate of drug-likeness (QED) is 0.828. The van der Waals surface area contributed by atoms with Crippen LogP contribution in [0.5, 0.6) is 0 Å². The normalized spacial score (nSPS) is 21.8. The lowest BCUT2D eigenvalue weighted by Gasteiger charge is -2.14. The van der Waals surface area contributed by atoms with Crippen LogP contribution in [0.1, 0.15) is 23.0 Å². The third-order valence-electron chi connectivity index (χ3n) is 3.62. The molecule has 0 saturated carbocycles. The number of anilines is 2. The van der Waals surface area contributed by atoms with Gasteiger partial charge in [0.25, 0.3) is 5.91 Å².